The van der Waals surface area contributed by atoms with Crippen molar-refractivity contribution in [2.45, 2.75) is 25.0 Å². The van der Waals surface area contributed by atoms with Crippen molar-refractivity contribution >= 4 is 71.8 Å². The average Bonchev–Trinajstić information content (AvgIpc) is 3.45. The number of thioether (sulfide) groups is 1. The predicted octanol–water partition coefficient (Wildman–Crippen LogP) is 1.51. The van der Waals surface area contributed by atoms with Gasteiger partial charge >= 0.3 is 19.5 Å². The number of fused-ring (bicyclic) bond motifs is 2. The molecule has 2 aromatic carbocycles. The summed E-state index contributed by atoms with van der Waals surface area (Å²) >= 11 is 0.853. The molecule has 1 fully saturated rings. The fraction of sp³-hybridized carbons (Fsp3) is 0.257. The highest BCUT2D eigenvalue weighted by Gasteiger charge is 2.39. The average molecular weight is 813 g/mol. The topological polar surface area (TPSA) is 287 Å². The summed E-state index contributed by atoms with van der Waals surface area (Å²) in [5, 5.41) is 25.5. The van der Waals surface area contributed by atoms with E-state index in [1.54, 1.807) is 0 Å². The second-order valence-corrected chi connectivity index (χ2v) is 15.1. The van der Waals surface area contributed by atoms with Gasteiger partial charge in [-0.05, 0) is 42.0 Å². The minimum atomic E-state index is -5.26. The van der Waals surface area contributed by atoms with Crippen LogP contribution >= 0.6 is 19.4 Å². The van der Waals surface area contributed by atoms with Crippen LogP contribution in [0.25, 0.3) is 33.4 Å². The number of amides is 5. The molecular formula is C35H33N4O15PS. The van der Waals surface area contributed by atoms with Gasteiger partial charge in [0.05, 0.1) is 17.7 Å². The number of carbonyl (C=O) groups excluding carboxylic acids is 6. The number of hydroxylamine groups is 2. The Hall–Kier alpha value is -6.08. The van der Waals surface area contributed by atoms with Crippen LogP contribution in [0.3, 0.4) is 0 Å². The van der Waals surface area contributed by atoms with Crippen LogP contribution < -0.4 is 16.1 Å². The third-order valence-corrected chi connectivity index (χ3v) is 10.3. The molecule has 5 amide bonds. The molecule has 5 rings (SSSR count). The Morgan fingerprint density at radius 2 is 1.68 bits per heavy atom. The normalized spacial score (nSPS) is 13.4. The molecule has 19 nitrogen and oxygen atoms in total. The number of imide groups is 1. The second-order valence-electron chi connectivity index (χ2n) is 12.3. The van der Waals surface area contributed by atoms with Crippen molar-refractivity contribution in [2.75, 3.05) is 31.6 Å². The minimum Gasteiger partial charge on any atom is -0.508 e. The predicted molar refractivity (Wildman–Crippen MR) is 196 cm³/mol. The van der Waals surface area contributed by atoms with E-state index in [9.17, 15) is 62.9 Å². The van der Waals surface area contributed by atoms with E-state index in [2.05, 4.69) is 5.32 Å². The summed E-state index contributed by atoms with van der Waals surface area (Å²) in [4.78, 5) is 123. The summed E-state index contributed by atoms with van der Waals surface area (Å²) in [6.07, 6.45) is -0.472. The van der Waals surface area contributed by atoms with Gasteiger partial charge in [-0.2, -0.15) is 11.8 Å². The smallest absolute Gasteiger partial charge is 0.357 e. The molecule has 1 unspecified atom stereocenters. The number of aromatic hydroxyl groups is 1. The van der Waals surface area contributed by atoms with E-state index in [0.717, 1.165) is 22.7 Å². The Balaban J connectivity index is 1.19. The second kappa shape index (κ2) is 17.2. The largest absolute Gasteiger partial charge is 0.508 e. The first-order valence-electron chi connectivity index (χ1n) is 16.5. The first kappa shape index (κ1) is 41.1. The molecule has 0 saturated carbocycles. The summed E-state index contributed by atoms with van der Waals surface area (Å²) < 4.78 is 18.0. The van der Waals surface area contributed by atoms with Gasteiger partial charge in [0.1, 0.15) is 17.1 Å². The van der Waals surface area contributed by atoms with E-state index in [4.69, 9.17) is 9.25 Å². The number of phenols is 1. The van der Waals surface area contributed by atoms with Crippen molar-refractivity contribution in [3.63, 3.8) is 0 Å². The lowest BCUT2D eigenvalue weighted by Gasteiger charge is -2.25. The first-order chi connectivity index (χ1) is 26.4. The van der Waals surface area contributed by atoms with Gasteiger partial charge in [0.25, 0.3) is 23.6 Å². The van der Waals surface area contributed by atoms with E-state index < -0.39 is 60.6 Å². The molecule has 0 aromatic heterocycles. The van der Waals surface area contributed by atoms with Crippen LogP contribution in [0.2, 0.25) is 0 Å². The number of nitrogens with one attached hydrogen (secondary N) is 2. The molecular weight excluding hydrogens is 779 g/mol. The molecule has 1 saturated heterocycles. The maximum Gasteiger partial charge on any atom is 0.357 e. The van der Waals surface area contributed by atoms with Crippen LogP contribution in [-0.4, -0.2) is 109 Å². The minimum absolute atomic E-state index is 0.0295. The third kappa shape index (κ3) is 9.58. The molecule has 2 heterocycles. The molecule has 6 N–H and O–H groups in total. The molecule has 0 bridgehead atoms. The van der Waals surface area contributed by atoms with Gasteiger partial charge in [-0.15, -0.1) is 5.06 Å². The summed E-state index contributed by atoms with van der Waals surface area (Å²) in [6.45, 7) is -0.552. The molecule has 1 aliphatic carbocycles. The zero-order valence-corrected chi connectivity index (χ0v) is 31.0. The van der Waals surface area contributed by atoms with Gasteiger partial charge in [0.2, 0.25) is 11.7 Å². The number of hydrogen-bond donors (Lipinski definition) is 6. The van der Waals surface area contributed by atoms with Gasteiger partial charge < -0.3 is 44.8 Å². The summed E-state index contributed by atoms with van der Waals surface area (Å²) in [6, 6.07) is 12.1. The van der Waals surface area contributed by atoms with E-state index in [-0.39, 0.29) is 77.3 Å². The fourth-order valence-electron chi connectivity index (χ4n) is 5.60. The Morgan fingerprint density at radius 1 is 0.982 bits per heavy atom. The SMILES string of the molecule is CN(CCNC(=O)c1ccc(-c2c3ccc(=O)cc-3oc3cc(O)ccc23)c(C(=O)O)c1)C(=O)C(NC(=O)CSCCC(=O)ON1C(=O)CCC1=O)P(=O)(O)O. The van der Waals surface area contributed by atoms with Crippen LogP contribution in [0.4, 0.5) is 0 Å². The Kier molecular flexibility index (Phi) is 12.6. The number of aromatic carboxylic acids is 1. The van der Waals surface area contributed by atoms with Crippen molar-refractivity contribution in [3.8, 4) is 28.2 Å². The lowest BCUT2D eigenvalue weighted by Crippen LogP contribution is -2.49. The van der Waals surface area contributed by atoms with E-state index in [0.29, 0.717) is 21.6 Å². The number of carboxylic acids is 1. The summed E-state index contributed by atoms with van der Waals surface area (Å²) in [5.74, 6) is -9.23. The van der Waals surface area contributed by atoms with Crippen LogP contribution in [0.1, 0.15) is 40.0 Å². The summed E-state index contributed by atoms with van der Waals surface area (Å²) in [5.41, 5.74) is 0.369. The van der Waals surface area contributed by atoms with Crippen LogP contribution in [-0.2, 0) is 33.4 Å². The lowest BCUT2D eigenvalue weighted by molar-refractivity contribution is -0.197. The maximum absolute atomic E-state index is 13.1. The quantitative estimate of drug-likeness (QED) is 0.0429. The Bertz CT molecular complexity index is 2330. The van der Waals surface area contributed by atoms with Gasteiger partial charge in [-0.1, -0.05) is 6.07 Å². The lowest BCUT2D eigenvalue weighted by atomic mass is 9.90. The van der Waals surface area contributed by atoms with Crippen LogP contribution in [0.15, 0.2) is 63.8 Å². The van der Waals surface area contributed by atoms with Crippen molar-refractivity contribution in [1.82, 2.24) is 20.6 Å². The zero-order chi connectivity index (χ0) is 40.9. The van der Waals surface area contributed by atoms with Crippen molar-refractivity contribution in [2.24, 2.45) is 0 Å². The number of hydrogen-bond acceptors (Lipinski definition) is 13. The number of nitrogens with zero attached hydrogens (tertiary/aromatic N) is 2. The Morgan fingerprint density at radius 3 is 2.36 bits per heavy atom. The van der Waals surface area contributed by atoms with Gasteiger partial charge in [0, 0.05) is 72.9 Å². The maximum atomic E-state index is 13.1. The highest BCUT2D eigenvalue weighted by molar-refractivity contribution is 7.99. The van der Waals surface area contributed by atoms with E-state index >= 15 is 0 Å². The molecule has 3 aliphatic rings. The third-order valence-electron chi connectivity index (χ3n) is 8.32. The molecule has 294 valence electrons. The molecule has 0 radical (unpaired) electrons. The number of likely N-dealkylation sites (N-methyl/N-ethyl adjacent to an activating group) is 1. The highest BCUT2D eigenvalue weighted by Crippen LogP contribution is 2.42. The van der Waals surface area contributed by atoms with Crippen molar-refractivity contribution in [1.29, 1.82) is 0 Å². The standard InChI is InChI=1S/C35H33N4O15PS/c1-38(34(47)33(55(50,51)52)37-27(42)17-56-13-10-30(45)54-39-28(43)8-9-29(39)44)12-11-36-32(46)18-2-5-21(24(14-18)35(48)49)31-22-6-3-19(40)15-25(22)53-26-16-20(41)4-7-23(26)31/h2-7,14-16,33,40H,8-13,17H2,1H3,(H,36,46)(H,37,42)(H,48,49)(H2,50,51,52). The number of rotatable bonds is 15. The number of phenolic OH excluding ortho intramolecular Hbond substituents is 1. The van der Waals surface area contributed by atoms with E-state index in [1.807, 2.05) is 5.32 Å². The van der Waals surface area contributed by atoms with Crippen molar-refractivity contribution < 1.29 is 67.4 Å². The van der Waals surface area contributed by atoms with Gasteiger partial charge in [0.15, 0.2) is 5.43 Å². The summed E-state index contributed by atoms with van der Waals surface area (Å²) in [7, 11) is -4.08. The number of carboxylic acid groups (broad SMARTS) is 1. The first-order valence-corrected chi connectivity index (χ1v) is 19.4. The molecule has 2 aliphatic heterocycles. The fourth-order valence-corrected chi connectivity index (χ4v) is 7.12. The monoisotopic (exact) mass is 812 g/mol. The molecule has 0 spiro atoms. The van der Waals surface area contributed by atoms with Crippen LogP contribution in [0.5, 0.6) is 5.75 Å². The van der Waals surface area contributed by atoms with Gasteiger partial charge in [-0.3, -0.25) is 33.3 Å². The molecule has 2 aromatic rings. The molecule has 56 heavy (non-hydrogen) atoms. The van der Waals surface area contributed by atoms with Crippen molar-refractivity contribution in [3.05, 3.63) is 75.9 Å². The number of benzene rings is 3. The Labute approximate surface area is 320 Å². The van der Waals surface area contributed by atoms with E-state index in [1.165, 1.54) is 55.6 Å². The molecule has 1 atom stereocenters. The zero-order valence-electron chi connectivity index (χ0n) is 29.3. The molecule has 21 heteroatoms. The van der Waals surface area contributed by atoms with Gasteiger partial charge in [-0.25, -0.2) is 9.59 Å². The highest BCUT2D eigenvalue weighted by atomic mass is 32.2. The van der Waals surface area contributed by atoms with Crippen LogP contribution in [0, 0.1) is 0 Å². The number of carbonyl (C=O) groups is 7.